The van der Waals surface area contributed by atoms with Gasteiger partial charge < -0.3 is 10.8 Å². The third kappa shape index (κ3) is 6.91. The van der Waals surface area contributed by atoms with Crippen molar-refractivity contribution in [1.82, 2.24) is 0 Å². The fraction of sp³-hybridized carbons (Fsp3) is 0.944. The number of aliphatic carboxylic acids is 1. The molecule has 0 aliphatic heterocycles. The summed E-state index contributed by atoms with van der Waals surface area (Å²) in [5.41, 5.74) is 5.04. The number of hydrogen-bond acceptors (Lipinski definition) is 3. The Hall–Kier alpha value is -0.220. The van der Waals surface area contributed by atoms with Gasteiger partial charge in [-0.2, -0.15) is 12.6 Å². The van der Waals surface area contributed by atoms with Gasteiger partial charge in [-0.25, -0.2) is 0 Å². The van der Waals surface area contributed by atoms with E-state index in [-0.39, 0.29) is 11.7 Å². The predicted molar refractivity (Wildman–Crippen MR) is 98.4 cm³/mol. The number of nitrogens with two attached hydrogens (primary N) is 1. The van der Waals surface area contributed by atoms with Crippen LogP contribution in [0.15, 0.2) is 0 Å². The Kier molecular flexibility index (Phi) is 10.4. The van der Waals surface area contributed by atoms with Crippen molar-refractivity contribution < 1.29 is 9.90 Å². The second-order valence-electron chi connectivity index (χ2n) is 7.50. The van der Waals surface area contributed by atoms with Gasteiger partial charge in [0.2, 0.25) is 0 Å². The molecule has 0 aromatic rings. The lowest BCUT2D eigenvalue weighted by Gasteiger charge is -2.37. The molecule has 0 aromatic heterocycles. The number of rotatable bonds is 12. The number of carboxylic acid groups (broad SMARTS) is 1. The Morgan fingerprint density at radius 1 is 1.14 bits per heavy atom. The highest BCUT2D eigenvalue weighted by atomic mass is 32.1. The summed E-state index contributed by atoms with van der Waals surface area (Å²) in [6.07, 6.45) is 6.50. The first-order chi connectivity index (χ1) is 10.2. The van der Waals surface area contributed by atoms with Crippen molar-refractivity contribution in [3.8, 4) is 0 Å². The molecule has 4 heteroatoms. The summed E-state index contributed by atoms with van der Waals surface area (Å²) in [6.45, 7) is 11.0. The third-order valence-corrected chi connectivity index (χ3v) is 5.64. The highest BCUT2D eigenvalue weighted by Gasteiger charge is 2.43. The molecular formula is C18H37NO2S. The molecule has 4 atom stereocenters. The summed E-state index contributed by atoms with van der Waals surface area (Å²) < 4.78 is 0. The van der Waals surface area contributed by atoms with Gasteiger partial charge in [-0.15, -0.1) is 0 Å². The maximum Gasteiger partial charge on any atom is 0.324 e. The molecule has 0 saturated heterocycles. The number of carboxylic acids is 1. The van der Waals surface area contributed by atoms with Gasteiger partial charge in [0.1, 0.15) is 5.54 Å². The second-order valence-corrected chi connectivity index (χ2v) is 7.82. The van der Waals surface area contributed by atoms with Gasteiger partial charge >= 0.3 is 5.97 Å². The Bertz CT molecular complexity index is 322. The van der Waals surface area contributed by atoms with Gasteiger partial charge in [0.25, 0.3) is 0 Å². The standard InChI is InChI=1S/C18H37NO2S/c1-6-14(4)8-7-9-15(5)16(11-10-13(2)3)18(19,12-22)17(20)21/h13-16,22H,6-12,19H2,1-5H3,(H,20,21)/t14?,15?,16?,18-/m1/s1. The van der Waals surface area contributed by atoms with E-state index in [0.29, 0.717) is 11.8 Å². The topological polar surface area (TPSA) is 63.3 Å². The number of thiol groups is 1. The van der Waals surface area contributed by atoms with Crippen LogP contribution in [0.1, 0.15) is 73.1 Å². The van der Waals surface area contributed by atoms with Crippen LogP contribution in [-0.4, -0.2) is 22.4 Å². The molecule has 0 spiro atoms. The summed E-state index contributed by atoms with van der Waals surface area (Å²) >= 11 is 4.25. The normalized spacial score (nSPS) is 18.7. The first-order valence-corrected chi connectivity index (χ1v) is 9.45. The van der Waals surface area contributed by atoms with Crippen LogP contribution >= 0.6 is 12.6 Å². The summed E-state index contributed by atoms with van der Waals surface area (Å²) in [7, 11) is 0. The van der Waals surface area contributed by atoms with Crippen molar-refractivity contribution in [2.75, 3.05) is 5.75 Å². The van der Waals surface area contributed by atoms with E-state index in [9.17, 15) is 9.90 Å². The van der Waals surface area contributed by atoms with Gasteiger partial charge in [0.05, 0.1) is 0 Å². The Labute approximate surface area is 142 Å². The van der Waals surface area contributed by atoms with Crippen molar-refractivity contribution in [3.63, 3.8) is 0 Å². The third-order valence-electron chi connectivity index (χ3n) is 5.12. The van der Waals surface area contributed by atoms with E-state index in [4.69, 9.17) is 5.73 Å². The second kappa shape index (κ2) is 10.5. The highest BCUT2D eigenvalue weighted by molar-refractivity contribution is 7.80. The molecule has 0 aromatic carbocycles. The van der Waals surface area contributed by atoms with Gasteiger partial charge in [-0.3, -0.25) is 4.79 Å². The van der Waals surface area contributed by atoms with Crippen LogP contribution in [0.3, 0.4) is 0 Å². The molecule has 3 unspecified atom stereocenters. The molecule has 0 heterocycles. The Morgan fingerprint density at radius 3 is 2.14 bits per heavy atom. The van der Waals surface area contributed by atoms with Gasteiger partial charge in [-0.1, -0.05) is 66.7 Å². The largest absolute Gasteiger partial charge is 0.480 e. The van der Waals surface area contributed by atoms with Crippen LogP contribution in [-0.2, 0) is 4.79 Å². The van der Waals surface area contributed by atoms with Crippen LogP contribution in [0.4, 0.5) is 0 Å². The van der Waals surface area contributed by atoms with Crippen LogP contribution in [0.25, 0.3) is 0 Å². The zero-order chi connectivity index (χ0) is 17.3. The number of hydrogen-bond donors (Lipinski definition) is 3. The van der Waals surface area contributed by atoms with E-state index in [1.165, 1.54) is 12.8 Å². The summed E-state index contributed by atoms with van der Waals surface area (Å²) in [6, 6.07) is 0. The quantitative estimate of drug-likeness (QED) is 0.458. The zero-order valence-electron chi connectivity index (χ0n) is 15.1. The molecule has 0 amide bonds. The summed E-state index contributed by atoms with van der Waals surface area (Å²) in [5.74, 6) is 0.893. The molecule has 0 radical (unpaired) electrons. The lowest BCUT2D eigenvalue weighted by molar-refractivity contribution is -0.145. The Balaban J connectivity index is 4.86. The minimum Gasteiger partial charge on any atom is -0.480 e. The molecule has 0 saturated carbocycles. The summed E-state index contributed by atoms with van der Waals surface area (Å²) in [5, 5.41) is 9.59. The predicted octanol–water partition coefficient (Wildman–Crippen LogP) is 4.60. The monoisotopic (exact) mass is 331 g/mol. The van der Waals surface area contributed by atoms with E-state index in [0.717, 1.165) is 31.6 Å². The van der Waals surface area contributed by atoms with E-state index in [1.807, 2.05) is 0 Å². The molecule has 0 aliphatic rings. The minimum absolute atomic E-state index is 0.0122. The van der Waals surface area contributed by atoms with Crippen LogP contribution < -0.4 is 5.73 Å². The van der Waals surface area contributed by atoms with Crippen LogP contribution in [0.2, 0.25) is 0 Å². The molecule has 0 bridgehead atoms. The van der Waals surface area contributed by atoms with E-state index < -0.39 is 11.5 Å². The van der Waals surface area contributed by atoms with Crippen molar-refractivity contribution in [3.05, 3.63) is 0 Å². The van der Waals surface area contributed by atoms with Gasteiger partial charge in [0, 0.05) is 5.75 Å². The van der Waals surface area contributed by atoms with Crippen molar-refractivity contribution in [1.29, 1.82) is 0 Å². The maximum atomic E-state index is 11.7. The highest BCUT2D eigenvalue weighted by Crippen LogP contribution is 2.34. The van der Waals surface area contributed by atoms with E-state index in [1.54, 1.807) is 0 Å². The van der Waals surface area contributed by atoms with Crippen molar-refractivity contribution in [2.24, 2.45) is 29.4 Å². The molecular weight excluding hydrogens is 294 g/mol. The fourth-order valence-corrected chi connectivity index (χ4v) is 3.47. The minimum atomic E-state index is -1.21. The van der Waals surface area contributed by atoms with Crippen molar-refractivity contribution in [2.45, 2.75) is 78.7 Å². The maximum absolute atomic E-state index is 11.7. The molecule has 0 aliphatic carbocycles. The summed E-state index contributed by atoms with van der Waals surface area (Å²) in [4.78, 5) is 11.7. The lowest BCUT2D eigenvalue weighted by atomic mass is 9.72. The van der Waals surface area contributed by atoms with E-state index >= 15 is 0 Å². The molecule has 0 fully saturated rings. The molecule has 0 rings (SSSR count). The lowest BCUT2D eigenvalue weighted by Crippen LogP contribution is -2.57. The average Bonchev–Trinajstić information content (AvgIpc) is 2.46. The van der Waals surface area contributed by atoms with Crippen LogP contribution in [0.5, 0.6) is 0 Å². The molecule has 3 nitrogen and oxygen atoms in total. The van der Waals surface area contributed by atoms with Crippen molar-refractivity contribution >= 4 is 18.6 Å². The molecule has 132 valence electrons. The Morgan fingerprint density at radius 2 is 1.73 bits per heavy atom. The first kappa shape index (κ1) is 21.8. The SMILES string of the molecule is CCC(C)CCCC(C)C(CCC(C)C)[C@](N)(CS)C(=O)O. The van der Waals surface area contributed by atoms with Gasteiger partial charge in [0.15, 0.2) is 0 Å². The average molecular weight is 332 g/mol. The molecule has 22 heavy (non-hydrogen) atoms. The number of carbonyl (C=O) groups is 1. The van der Waals surface area contributed by atoms with Crippen LogP contribution in [0, 0.1) is 23.7 Å². The molecule has 3 N–H and O–H groups in total. The van der Waals surface area contributed by atoms with Gasteiger partial charge in [-0.05, 0) is 30.1 Å². The fourth-order valence-electron chi connectivity index (χ4n) is 3.10. The smallest absolute Gasteiger partial charge is 0.324 e. The first-order valence-electron chi connectivity index (χ1n) is 8.82. The zero-order valence-corrected chi connectivity index (χ0v) is 16.0. The van der Waals surface area contributed by atoms with E-state index in [2.05, 4.69) is 47.2 Å².